The number of nitrogens with zero attached hydrogens (tertiary/aromatic N) is 1. The molecule has 0 aliphatic rings. The number of aromatic nitrogens is 1. The highest BCUT2D eigenvalue weighted by Gasteiger charge is 2.22. The average Bonchev–Trinajstić information content (AvgIpc) is 3.24. The zero-order valence-electron chi connectivity index (χ0n) is 21.3. The smallest absolute Gasteiger partial charge is 0.311 e. The Morgan fingerprint density at radius 3 is 2.05 bits per heavy atom. The van der Waals surface area contributed by atoms with Crippen LogP contribution in [-0.2, 0) is 31.9 Å². The highest BCUT2D eigenvalue weighted by molar-refractivity contribution is 6.36. The standard InChI is InChI=1S/C30H27Cl2NO5/c1-4-36-27(34)16-20-8-10-21(11-9-20)22-12-14-23(15-13-22)30-24(18(2)33-38-30)17-28(35)37-19(3)29-25(31)6-5-7-26(29)32/h5-15,19H,4,16-17H2,1-3H3. The van der Waals surface area contributed by atoms with Gasteiger partial charge < -0.3 is 14.0 Å². The SMILES string of the molecule is CCOC(=O)Cc1ccc(-c2ccc(-c3onc(C)c3CC(=O)OC(C)c3c(Cl)cccc3Cl)cc2)cc1. The van der Waals surface area contributed by atoms with E-state index < -0.39 is 12.1 Å². The molecule has 0 amide bonds. The van der Waals surface area contributed by atoms with Gasteiger partial charge in [-0.05, 0) is 49.6 Å². The summed E-state index contributed by atoms with van der Waals surface area (Å²) in [7, 11) is 0. The van der Waals surface area contributed by atoms with Crippen molar-refractivity contribution in [1.82, 2.24) is 5.16 Å². The Balaban J connectivity index is 1.46. The molecule has 4 aromatic rings. The number of aryl methyl sites for hydroxylation is 1. The predicted molar refractivity (Wildman–Crippen MR) is 147 cm³/mol. The van der Waals surface area contributed by atoms with Gasteiger partial charge in [0, 0.05) is 26.7 Å². The molecule has 4 rings (SSSR count). The Labute approximate surface area is 231 Å². The van der Waals surface area contributed by atoms with Gasteiger partial charge in [-0.2, -0.15) is 0 Å². The molecule has 8 heteroatoms. The first kappa shape index (κ1) is 27.4. The van der Waals surface area contributed by atoms with E-state index in [2.05, 4.69) is 5.16 Å². The Morgan fingerprint density at radius 1 is 0.868 bits per heavy atom. The minimum atomic E-state index is -0.615. The first-order valence-electron chi connectivity index (χ1n) is 12.2. The van der Waals surface area contributed by atoms with Gasteiger partial charge >= 0.3 is 11.9 Å². The molecule has 0 fully saturated rings. The van der Waals surface area contributed by atoms with Gasteiger partial charge in [-0.15, -0.1) is 0 Å². The summed E-state index contributed by atoms with van der Waals surface area (Å²) in [6.07, 6.45) is -0.385. The molecule has 1 heterocycles. The van der Waals surface area contributed by atoms with Crippen LogP contribution in [0.1, 0.15) is 42.3 Å². The van der Waals surface area contributed by atoms with Gasteiger partial charge in [0.2, 0.25) is 0 Å². The maximum Gasteiger partial charge on any atom is 0.311 e. The van der Waals surface area contributed by atoms with Crippen LogP contribution < -0.4 is 0 Å². The molecule has 3 aromatic carbocycles. The first-order chi connectivity index (χ1) is 18.3. The van der Waals surface area contributed by atoms with Gasteiger partial charge in [0.25, 0.3) is 0 Å². The summed E-state index contributed by atoms with van der Waals surface area (Å²) in [4.78, 5) is 24.5. The first-order valence-corrected chi connectivity index (χ1v) is 13.0. The van der Waals surface area contributed by atoms with E-state index in [0.717, 1.165) is 22.3 Å². The summed E-state index contributed by atoms with van der Waals surface area (Å²) in [5.74, 6) is -0.173. The zero-order chi connectivity index (χ0) is 27.2. The van der Waals surface area contributed by atoms with E-state index >= 15 is 0 Å². The fourth-order valence-electron chi connectivity index (χ4n) is 4.17. The molecule has 0 aliphatic carbocycles. The lowest BCUT2D eigenvalue weighted by Crippen LogP contribution is -2.13. The predicted octanol–water partition coefficient (Wildman–Crippen LogP) is 7.58. The van der Waals surface area contributed by atoms with E-state index in [1.807, 2.05) is 48.5 Å². The third-order valence-electron chi connectivity index (χ3n) is 6.11. The topological polar surface area (TPSA) is 78.6 Å². The average molecular weight is 552 g/mol. The molecule has 196 valence electrons. The van der Waals surface area contributed by atoms with Gasteiger partial charge in [0.15, 0.2) is 5.76 Å². The van der Waals surface area contributed by atoms with Gasteiger partial charge in [0.1, 0.15) is 6.10 Å². The fraction of sp³-hybridized carbons (Fsp3) is 0.233. The van der Waals surface area contributed by atoms with Crippen molar-refractivity contribution in [3.63, 3.8) is 0 Å². The van der Waals surface area contributed by atoms with Gasteiger partial charge in [0.05, 0.1) is 25.1 Å². The molecule has 1 unspecified atom stereocenters. The van der Waals surface area contributed by atoms with Crippen LogP contribution >= 0.6 is 23.2 Å². The molecule has 0 N–H and O–H groups in total. The molecular weight excluding hydrogens is 525 g/mol. The summed E-state index contributed by atoms with van der Waals surface area (Å²) in [5.41, 5.74) is 5.52. The van der Waals surface area contributed by atoms with Gasteiger partial charge in [-0.25, -0.2) is 0 Å². The normalized spacial score (nSPS) is 11.7. The number of esters is 2. The van der Waals surface area contributed by atoms with Crippen LogP contribution in [-0.4, -0.2) is 23.7 Å². The van der Waals surface area contributed by atoms with Crippen LogP contribution in [0.25, 0.3) is 22.5 Å². The summed E-state index contributed by atoms with van der Waals surface area (Å²) in [6.45, 7) is 5.68. The molecule has 6 nitrogen and oxygen atoms in total. The van der Waals surface area contributed by atoms with Crippen LogP contribution in [0.15, 0.2) is 71.3 Å². The van der Waals surface area contributed by atoms with E-state index in [9.17, 15) is 9.59 Å². The number of benzene rings is 3. The third-order valence-corrected chi connectivity index (χ3v) is 6.77. The molecule has 0 saturated carbocycles. The van der Waals surface area contributed by atoms with Crippen LogP contribution in [0.4, 0.5) is 0 Å². The highest BCUT2D eigenvalue weighted by Crippen LogP contribution is 2.33. The minimum absolute atomic E-state index is 0.0131. The van der Waals surface area contributed by atoms with Crippen molar-refractivity contribution in [2.45, 2.75) is 39.7 Å². The largest absolute Gasteiger partial charge is 0.466 e. The summed E-state index contributed by atoms with van der Waals surface area (Å²) in [5, 5.41) is 4.95. The third kappa shape index (κ3) is 6.44. The number of carbonyl (C=O) groups is 2. The summed E-state index contributed by atoms with van der Waals surface area (Å²) < 4.78 is 16.2. The van der Waals surface area contributed by atoms with Gasteiger partial charge in [-0.1, -0.05) is 83.0 Å². The van der Waals surface area contributed by atoms with Crippen molar-refractivity contribution >= 4 is 35.1 Å². The highest BCUT2D eigenvalue weighted by atomic mass is 35.5. The van der Waals surface area contributed by atoms with Crippen molar-refractivity contribution in [3.8, 4) is 22.5 Å². The quantitative estimate of drug-likeness (QED) is 0.199. The van der Waals surface area contributed by atoms with Crippen LogP contribution in [0.5, 0.6) is 0 Å². The second-order valence-electron chi connectivity index (χ2n) is 8.78. The lowest BCUT2D eigenvalue weighted by molar-refractivity contribution is -0.147. The maximum absolute atomic E-state index is 12.8. The molecular formula is C30H27Cl2NO5. The van der Waals surface area contributed by atoms with E-state index in [1.54, 1.807) is 39.0 Å². The molecule has 0 saturated heterocycles. The lowest BCUT2D eigenvalue weighted by atomic mass is 9.99. The van der Waals surface area contributed by atoms with Crippen molar-refractivity contribution in [2.24, 2.45) is 0 Å². The number of hydrogen-bond acceptors (Lipinski definition) is 6. The molecule has 0 spiro atoms. The maximum atomic E-state index is 12.8. The number of hydrogen-bond donors (Lipinski definition) is 0. The number of carbonyl (C=O) groups excluding carboxylic acids is 2. The molecule has 1 atom stereocenters. The Hall–Kier alpha value is -3.61. The summed E-state index contributed by atoms with van der Waals surface area (Å²) >= 11 is 12.5. The van der Waals surface area contributed by atoms with Crippen molar-refractivity contribution in [3.05, 3.63) is 99.2 Å². The van der Waals surface area contributed by atoms with Crippen LogP contribution in [0, 0.1) is 6.92 Å². The zero-order valence-corrected chi connectivity index (χ0v) is 22.8. The molecule has 0 bridgehead atoms. The summed E-state index contributed by atoms with van der Waals surface area (Å²) in [6, 6.07) is 20.7. The molecule has 38 heavy (non-hydrogen) atoms. The van der Waals surface area contributed by atoms with Crippen molar-refractivity contribution in [1.29, 1.82) is 0 Å². The number of halogens is 2. The second-order valence-corrected chi connectivity index (χ2v) is 9.59. The Bertz CT molecular complexity index is 1410. The van der Waals surface area contributed by atoms with Crippen molar-refractivity contribution in [2.75, 3.05) is 6.61 Å². The Kier molecular flexibility index (Phi) is 8.87. The molecule has 1 aromatic heterocycles. The van der Waals surface area contributed by atoms with Crippen LogP contribution in [0.3, 0.4) is 0 Å². The van der Waals surface area contributed by atoms with E-state index in [-0.39, 0.29) is 18.8 Å². The van der Waals surface area contributed by atoms with Gasteiger partial charge in [-0.3, -0.25) is 9.59 Å². The Morgan fingerprint density at radius 2 is 1.45 bits per heavy atom. The fourth-order valence-corrected chi connectivity index (χ4v) is 4.88. The lowest BCUT2D eigenvalue weighted by Gasteiger charge is -2.16. The van der Waals surface area contributed by atoms with Crippen molar-refractivity contribution < 1.29 is 23.6 Å². The minimum Gasteiger partial charge on any atom is -0.466 e. The number of ether oxygens (including phenoxy) is 2. The number of rotatable bonds is 9. The molecule has 0 radical (unpaired) electrons. The molecule has 0 aliphatic heterocycles. The van der Waals surface area contributed by atoms with E-state index in [4.69, 9.17) is 37.2 Å². The van der Waals surface area contributed by atoms with Crippen LogP contribution in [0.2, 0.25) is 10.0 Å². The van der Waals surface area contributed by atoms with E-state index in [0.29, 0.717) is 39.2 Å². The monoisotopic (exact) mass is 551 g/mol. The second kappa shape index (κ2) is 12.3. The van der Waals surface area contributed by atoms with E-state index in [1.165, 1.54) is 0 Å².